The van der Waals surface area contributed by atoms with Gasteiger partial charge in [-0.05, 0) is 24.9 Å². The van der Waals surface area contributed by atoms with E-state index < -0.39 is 0 Å². The van der Waals surface area contributed by atoms with Gasteiger partial charge in [-0.25, -0.2) is 0 Å². The molecule has 0 rings (SSSR count). The highest BCUT2D eigenvalue weighted by atomic mass is 29.2. The van der Waals surface area contributed by atoms with Gasteiger partial charge in [-0.2, -0.15) is 0 Å². The standard InChI is InChI=1S/C10H27NSi2/c1-9(2)7-11(8-10(3)4)12-13(5)6/h9-10,13H,7-8,12H2,1-6H3. The number of hydrogen-bond acceptors (Lipinski definition) is 1. The molecular weight excluding hydrogens is 190 g/mol. The van der Waals surface area contributed by atoms with Crippen LogP contribution in [0.2, 0.25) is 13.1 Å². The van der Waals surface area contributed by atoms with Crippen molar-refractivity contribution in [1.29, 1.82) is 0 Å². The summed E-state index contributed by atoms with van der Waals surface area (Å²) in [5, 5.41) is 0. The van der Waals surface area contributed by atoms with Gasteiger partial charge in [0.2, 0.25) is 0 Å². The van der Waals surface area contributed by atoms with Gasteiger partial charge in [0.1, 0.15) is 0 Å². The summed E-state index contributed by atoms with van der Waals surface area (Å²) in [5.41, 5.74) is 0. The Labute approximate surface area is 88.2 Å². The van der Waals surface area contributed by atoms with Crippen LogP contribution in [0, 0.1) is 11.8 Å². The predicted molar refractivity (Wildman–Crippen MR) is 68.7 cm³/mol. The lowest BCUT2D eigenvalue weighted by Crippen LogP contribution is -2.40. The lowest BCUT2D eigenvalue weighted by Gasteiger charge is -2.27. The van der Waals surface area contributed by atoms with Gasteiger partial charge in [-0.3, -0.25) is 0 Å². The van der Waals surface area contributed by atoms with Gasteiger partial charge in [-0.1, -0.05) is 40.8 Å². The largest absolute Gasteiger partial charge is 0.331 e. The first kappa shape index (κ1) is 13.4. The van der Waals surface area contributed by atoms with E-state index in [-0.39, 0.29) is 17.5 Å². The fourth-order valence-corrected chi connectivity index (χ4v) is 8.13. The third-order valence-corrected chi connectivity index (χ3v) is 7.37. The topological polar surface area (TPSA) is 3.24 Å². The maximum atomic E-state index is 2.80. The molecule has 0 unspecified atom stereocenters. The predicted octanol–water partition coefficient (Wildman–Crippen LogP) is 1.67. The van der Waals surface area contributed by atoms with Gasteiger partial charge in [0.25, 0.3) is 0 Å². The molecule has 0 aliphatic heterocycles. The molecule has 0 spiro atoms. The average molecular weight is 218 g/mol. The van der Waals surface area contributed by atoms with Crippen LogP contribution in [0.4, 0.5) is 0 Å². The maximum Gasteiger partial charge on any atom is 0.0827 e. The van der Waals surface area contributed by atoms with E-state index in [1.165, 1.54) is 13.1 Å². The number of hydrogen-bond donors (Lipinski definition) is 0. The van der Waals surface area contributed by atoms with Gasteiger partial charge >= 0.3 is 0 Å². The van der Waals surface area contributed by atoms with Crippen LogP contribution in [0.1, 0.15) is 27.7 Å². The molecule has 0 aromatic carbocycles. The Morgan fingerprint density at radius 1 is 1.00 bits per heavy atom. The van der Waals surface area contributed by atoms with Crippen LogP contribution in [-0.4, -0.2) is 35.2 Å². The van der Waals surface area contributed by atoms with Crippen molar-refractivity contribution in [3.8, 4) is 0 Å². The molecule has 0 heterocycles. The smallest absolute Gasteiger partial charge is 0.0827 e. The molecule has 0 N–H and O–H groups in total. The Hall–Kier alpha value is 0.394. The normalized spacial score (nSPS) is 13.4. The number of nitrogens with zero attached hydrogens (tertiary/aromatic N) is 1. The zero-order valence-electron chi connectivity index (χ0n) is 10.3. The summed E-state index contributed by atoms with van der Waals surface area (Å²) < 4.78 is 2.80. The van der Waals surface area contributed by atoms with E-state index in [9.17, 15) is 0 Å². The summed E-state index contributed by atoms with van der Waals surface area (Å²) in [7, 11) is -0.135. The second kappa shape index (κ2) is 6.79. The summed E-state index contributed by atoms with van der Waals surface area (Å²) in [6.07, 6.45) is 0. The first-order valence-electron chi connectivity index (χ1n) is 5.64. The van der Waals surface area contributed by atoms with Crippen molar-refractivity contribution in [2.45, 2.75) is 40.8 Å². The molecule has 0 bridgehead atoms. The van der Waals surface area contributed by atoms with Crippen molar-refractivity contribution in [2.24, 2.45) is 11.8 Å². The Bertz CT molecular complexity index is 100. The molecule has 0 aliphatic carbocycles. The van der Waals surface area contributed by atoms with E-state index in [4.69, 9.17) is 0 Å². The molecule has 3 heteroatoms. The molecule has 0 aromatic rings. The van der Waals surface area contributed by atoms with Crippen LogP contribution in [0.15, 0.2) is 0 Å². The van der Waals surface area contributed by atoms with Gasteiger partial charge in [0.15, 0.2) is 0 Å². The van der Waals surface area contributed by atoms with Gasteiger partial charge in [0.05, 0.1) is 9.20 Å². The molecule has 0 aromatic heterocycles. The lowest BCUT2D eigenvalue weighted by molar-refractivity contribution is 0.349. The van der Waals surface area contributed by atoms with E-state index in [0.717, 1.165) is 11.8 Å². The zero-order valence-corrected chi connectivity index (χ0v) is 12.9. The summed E-state index contributed by atoms with van der Waals surface area (Å²) in [6, 6.07) is 0. The van der Waals surface area contributed by atoms with Crippen LogP contribution in [0.3, 0.4) is 0 Å². The molecule has 1 nitrogen and oxygen atoms in total. The van der Waals surface area contributed by atoms with Crippen LogP contribution < -0.4 is 0 Å². The Morgan fingerprint density at radius 2 is 1.38 bits per heavy atom. The molecule has 0 saturated carbocycles. The third-order valence-electron chi connectivity index (χ3n) is 1.87. The van der Waals surface area contributed by atoms with Crippen LogP contribution >= 0.6 is 0 Å². The lowest BCUT2D eigenvalue weighted by atomic mass is 10.2. The summed E-state index contributed by atoms with van der Waals surface area (Å²) in [5.74, 6) is 1.69. The fourth-order valence-electron chi connectivity index (χ4n) is 1.77. The minimum Gasteiger partial charge on any atom is -0.331 e. The molecular formula is C10H27NSi2. The van der Waals surface area contributed by atoms with Crippen molar-refractivity contribution in [2.75, 3.05) is 13.1 Å². The van der Waals surface area contributed by atoms with Crippen molar-refractivity contribution >= 4 is 17.5 Å². The fraction of sp³-hybridized carbons (Fsp3) is 1.00. The molecule has 80 valence electrons. The molecule has 0 amide bonds. The molecule has 0 aliphatic rings. The maximum absolute atomic E-state index is 2.80. The van der Waals surface area contributed by atoms with Crippen molar-refractivity contribution in [3.05, 3.63) is 0 Å². The van der Waals surface area contributed by atoms with Gasteiger partial charge in [-0.15, -0.1) is 0 Å². The Balaban J connectivity index is 3.87. The quantitative estimate of drug-likeness (QED) is 0.612. The third kappa shape index (κ3) is 8.72. The molecule has 0 saturated heterocycles. The van der Waals surface area contributed by atoms with E-state index in [1.807, 2.05) is 0 Å². The molecule has 13 heavy (non-hydrogen) atoms. The molecule has 0 fully saturated rings. The van der Waals surface area contributed by atoms with E-state index in [0.29, 0.717) is 0 Å². The van der Waals surface area contributed by atoms with E-state index in [2.05, 4.69) is 45.4 Å². The van der Waals surface area contributed by atoms with Gasteiger partial charge in [0, 0.05) is 8.31 Å². The minimum atomic E-state index is -0.281. The first-order valence-corrected chi connectivity index (χ1v) is 11.8. The second-order valence-corrected chi connectivity index (χ2v) is 15.4. The molecule has 0 atom stereocenters. The number of rotatable bonds is 6. The summed E-state index contributed by atoms with van der Waals surface area (Å²) in [6.45, 7) is 17.0. The van der Waals surface area contributed by atoms with Crippen molar-refractivity contribution < 1.29 is 0 Å². The first-order chi connectivity index (χ1) is 5.91. The SMILES string of the molecule is CC(C)CN(CC(C)C)[SiH2][SiH](C)C. The van der Waals surface area contributed by atoms with Crippen LogP contribution in [-0.2, 0) is 0 Å². The summed E-state index contributed by atoms with van der Waals surface area (Å²) >= 11 is 0. The molecule has 0 radical (unpaired) electrons. The monoisotopic (exact) mass is 217 g/mol. The van der Waals surface area contributed by atoms with Crippen LogP contribution in [0.25, 0.3) is 0 Å². The summed E-state index contributed by atoms with van der Waals surface area (Å²) in [4.78, 5) is 0. The van der Waals surface area contributed by atoms with E-state index in [1.54, 1.807) is 0 Å². The highest BCUT2D eigenvalue weighted by Crippen LogP contribution is 2.02. The Morgan fingerprint density at radius 3 is 1.62 bits per heavy atom. The van der Waals surface area contributed by atoms with Gasteiger partial charge < -0.3 is 4.57 Å². The second-order valence-electron chi connectivity index (χ2n) is 5.40. The zero-order chi connectivity index (χ0) is 10.4. The average Bonchev–Trinajstić information content (AvgIpc) is 1.80. The van der Waals surface area contributed by atoms with E-state index >= 15 is 0 Å². The minimum absolute atomic E-state index is 0.147. The highest BCUT2D eigenvalue weighted by Gasteiger charge is 2.11. The Kier molecular flexibility index (Phi) is 7.00. The van der Waals surface area contributed by atoms with Crippen LogP contribution in [0.5, 0.6) is 0 Å². The highest BCUT2D eigenvalue weighted by molar-refractivity contribution is 7.09. The van der Waals surface area contributed by atoms with Crippen molar-refractivity contribution in [1.82, 2.24) is 4.57 Å². The van der Waals surface area contributed by atoms with Crippen molar-refractivity contribution in [3.63, 3.8) is 0 Å².